The van der Waals surface area contributed by atoms with Crippen LogP contribution in [0.4, 0.5) is 15.8 Å². The zero-order valence-corrected chi connectivity index (χ0v) is 11.8. The Labute approximate surface area is 122 Å². The van der Waals surface area contributed by atoms with Crippen LogP contribution in [0.2, 0.25) is 0 Å². The number of nitrogens with zero attached hydrogens (tertiary/aromatic N) is 2. The number of nitrogens with two attached hydrogens (primary N) is 1. The van der Waals surface area contributed by atoms with Crippen molar-refractivity contribution in [3.8, 4) is 0 Å². The Kier molecular flexibility index (Phi) is 3.44. The summed E-state index contributed by atoms with van der Waals surface area (Å²) < 4.78 is 13.3. The van der Waals surface area contributed by atoms with Crippen molar-refractivity contribution < 1.29 is 4.39 Å². The first kappa shape index (κ1) is 13.4. The standard InChI is InChI=1S/C17H16FN3/c1-21(11-12-4-2-5-13(18)10-12)16-8-7-15-14(17(16)19)6-3-9-20-15/h2-10H,11,19H2,1H3. The summed E-state index contributed by atoms with van der Waals surface area (Å²) in [6, 6.07) is 14.3. The average molecular weight is 281 g/mol. The molecule has 0 aliphatic carbocycles. The topological polar surface area (TPSA) is 42.2 Å². The summed E-state index contributed by atoms with van der Waals surface area (Å²) >= 11 is 0. The van der Waals surface area contributed by atoms with Crippen LogP contribution in [-0.4, -0.2) is 12.0 Å². The molecule has 106 valence electrons. The number of hydrogen-bond acceptors (Lipinski definition) is 3. The largest absolute Gasteiger partial charge is 0.396 e. The van der Waals surface area contributed by atoms with Crippen LogP contribution in [0.15, 0.2) is 54.7 Å². The van der Waals surface area contributed by atoms with Gasteiger partial charge in [0.15, 0.2) is 0 Å². The second-order valence-electron chi connectivity index (χ2n) is 5.05. The molecule has 2 aromatic carbocycles. The van der Waals surface area contributed by atoms with E-state index in [1.54, 1.807) is 12.3 Å². The maximum atomic E-state index is 13.3. The Hall–Kier alpha value is -2.62. The van der Waals surface area contributed by atoms with Crippen molar-refractivity contribution >= 4 is 22.3 Å². The van der Waals surface area contributed by atoms with Crippen molar-refractivity contribution in [3.05, 3.63) is 66.1 Å². The molecule has 0 aliphatic heterocycles. The number of benzene rings is 2. The molecular formula is C17H16FN3. The fourth-order valence-corrected chi connectivity index (χ4v) is 2.49. The van der Waals surface area contributed by atoms with Crippen molar-refractivity contribution in [2.45, 2.75) is 6.54 Å². The molecule has 2 N–H and O–H groups in total. The van der Waals surface area contributed by atoms with Gasteiger partial charge in [0.05, 0.1) is 16.9 Å². The highest BCUT2D eigenvalue weighted by Crippen LogP contribution is 2.30. The van der Waals surface area contributed by atoms with Crippen molar-refractivity contribution in [2.24, 2.45) is 0 Å². The molecule has 0 saturated heterocycles. The van der Waals surface area contributed by atoms with E-state index in [1.165, 1.54) is 12.1 Å². The van der Waals surface area contributed by atoms with Crippen LogP contribution < -0.4 is 10.6 Å². The fraction of sp³-hybridized carbons (Fsp3) is 0.118. The lowest BCUT2D eigenvalue weighted by atomic mass is 10.1. The SMILES string of the molecule is CN(Cc1cccc(F)c1)c1ccc2ncccc2c1N. The number of nitrogen functional groups attached to an aromatic ring is 1. The maximum Gasteiger partial charge on any atom is 0.123 e. The Morgan fingerprint density at radius 1 is 1.14 bits per heavy atom. The van der Waals surface area contributed by atoms with Crippen LogP contribution in [0.1, 0.15) is 5.56 Å². The van der Waals surface area contributed by atoms with Gasteiger partial charge in [0.2, 0.25) is 0 Å². The van der Waals surface area contributed by atoms with E-state index in [1.807, 2.05) is 42.3 Å². The first-order valence-electron chi connectivity index (χ1n) is 6.74. The van der Waals surface area contributed by atoms with Crippen molar-refractivity contribution in [1.82, 2.24) is 4.98 Å². The molecule has 0 fully saturated rings. The zero-order chi connectivity index (χ0) is 14.8. The quantitative estimate of drug-likeness (QED) is 0.746. The van der Waals surface area contributed by atoms with Crippen LogP contribution in [0.25, 0.3) is 10.9 Å². The van der Waals surface area contributed by atoms with Crippen LogP contribution in [0.3, 0.4) is 0 Å². The Morgan fingerprint density at radius 3 is 2.81 bits per heavy atom. The predicted octanol–water partition coefficient (Wildman–Crippen LogP) is 3.59. The first-order valence-corrected chi connectivity index (χ1v) is 6.74. The van der Waals surface area contributed by atoms with Gasteiger partial charge in [-0.05, 0) is 42.0 Å². The summed E-state index contributed by atoms with van der Waals surface area (Å²) in [5.41, 5.74) is 9.64. The molecule has 0 bridgehead atoms. The third-order valence-electron chi connectivity index (χ3n) is 3.52. The minimum absolute atomic E-state index is 0.225. The molecule has 0 radical (unpaired) electrons. The van der Waals surface area contributed by atoms with E-state index in [2.05, 4.69) is 4.98 Å². The molecule has 3 rings (SSSR count). The minimum atomic E-state index is -0.225. The maximum absolute atomic E-state index is 13.3. The number of rotatable bonds is 3. The zero-order valence-electron chi connectivity index (χ0n) is 11.8. The molecule has 1 aromatic heterocycles. The molecule has 3 aromatic rings. The van der Waals surface area contributed by atoms with Crippen molar-refractivity contribution in [1.29, 1.82) is 0 Å². The van der Waals surface area contributed by atoms with Gasteiger partial charge in [0.25, 0.3) is 0 Å². The van der Waals surface area contributed by atoms with Gasteiger partial charge in [0.1, 0.15) is 5.82 Å². The summed E-state index contributed by atoms with van der Waals surface area (Å²) in [5.74, 6) is -0.225. The lowest BCUT2D eigenvalue weighted by molar-refractivity contribution is 0.625. The van der Waals surface area contributed by atoms with Crippen LogP contribution >= 0.6 is 0 Å². The summed E-state index contributed by atoms with van der Waals surface area (Å²) in [6.45, 7) is 0.591. The number of pyridine rings is 1. The molecule has 21 heavy (non-hydrogen) atoms. The molecule has 4 heteroatoms. The first-order chi connectivity index (χ1) is 10.1. The van der Waals surface area contributed by atoms with E-state index in [-0.39, 0.29) is 5.82 Å². The van der Waals surface area contributed by atoms with Gasteiger partial charge in [-0.2, -0.15) is 0 Å². The van der Waals surface area contributed by atoms with Crippen LogP contribution in [0.5, 0.6) is 0 Å². The Balaban J connectivity index is 1.94. The van der Waals surface area contributed by atoms with Gasteiger partial charge in [0, 0.05) is 25.2 Å². The second kappa shape index (κ2) is 5.40. The van der Waals surface area contributed by atoms with Gasteiger partial charge in [-0.15, -0.1) is 0 Å². The normalized spacial score (nSPS) is 10.8. The Bertz CT molecular complexity index is 786. The van der Waals surface area contributed by atoms with Gasteiger partial charge in [-0.3, -0.25) is 4.98 Å². The second-order valence-corrected chi connectivity index (χ2v) is 5.05. The third-order valence-corrected chi connectivity index (χ3v) is 3.52. The van der Waals surface area contributed by atoms with E-state index in [9.17, 15) is 4.39 Å². The van der Waals surface area contributed by atoms with E-state index >= 15 is 0 Å². The van der Waals surface area contributed by atoms with Crippen molar-refractivity contribution in [2.75, 3.05) is 17.7 Å². The van der Waals surface area contributed by atoms with E-state index in [0.717, 1.165) is 22.2 Å². The van der Waals surface area contributed by atoms with E-state index in [4.69, 9.17) is 5.73 Å². The molecule has 3 nitrogen and oxygen atoms in total. The smallest absolute Gasteiger partial charge is 0.123 e. The monoisotopic (exact) mass is 281 g/mol. The minimum Gasteiger partial charge on any atom is -0.396 e. The summed E-state index contributed by atoms with van der Waals surface area (Å²) in [6.07, 6.45) is 1.75. The summed E-state index contributed by atoms with van der Waals surface area (Å²) in [5, 5.41) is 0.932. The fourth-order valence-electron chi connectivity index (χ4n) is 2.49. The molecule has 0 spiro atoms. The van der Waals surface area contributed by atoms with E-state index in [0.29, 0.717) is 12.2 Å². The highest BCUT2D eigenvalue weighted by Gasteiger charge is 2.10. The van der Waals surface area contributed by atoms with Crippen LogP contribution in [-0.2, 0) is 6.54 Å². The Morgan fingerprint density at radius 2 is 2.00 bits per heavy atom. The summed E-state index contributed by atoms with van der Waals surface area (Å²) in [4.78, 5) is 6.30. The van der Waals surface area contributed by atoms with Crippen molar-refractivity contribution in [3.63, 3.8) is 0 Å². The lowest BCUT2D eigenvalue weighted by Gasteiger charge is -2.22. The number of hydrogen-bond donors (Lipinski definition) is 1. The average Bonchev–Trinajstić information content (AvgIpc) is 2.48. The molecular weight excluding hydrogens is 265 g/mol. The van der Waals surface area contributed by atoms with Gasteiger partial charge >= 0.3 is 0 Å². The number of fused-ring (bicyclic) bond motifs is 1. The van der Waals surface area contributed by atoms with Gasteiger partial charge < -0.3 is 10.6 Å². The number of aromatic nitrogens is 1. The summed E-state index contributed by atoms with van der Waals surface area (Å²) in [7, 11) is 1.94. The third kappa shape index (κ3) is 2.65. The predicted molar refractivity (Wildman–Crippen MR) is 84.7 cm³/mol. The van der Waals surface area contributed by atoms with Gasteiger partial charge in [-0.1, -0.05) is 12.1 Å². The lowest BCUT2D eigenvalue weighted by Crippen LogP contribution is -2.18. The molecule has 0 saturated carbocycles. The molecule has 0 amide bonds. The van der Waals surface area contributed by atoms with E-state index < -0.39 is 0 Å². The highest BCUT2D eigenvalue weighted by atomic mass is 19.1. The number of anilines is 2. The van der Waals surface area contributed by atoms with Gasteiger partial charge in [-0.25, -0.2) is 4.39 Å². The molecule has 1 heterocycles. The number of halogens is 1. The molecule has 0 aliphatic rings. The molecule has 0 unspecified atom stereocenters. The highest BCUT2D eigenvalue weighted by molar-refractivity contribution is 5.97. The van der Waals surface area contributed by atoms with Crippen LogP contribution in [0, 0.1) is 5.82 Å². The molecule has 0 atom stereocenters.